The van der Waals surface area contributed by atoms with Crippen molar-refractivity contribution in [3.05, 3.63) is 29.8 Å². The van der Waals surface area contributed by atoms with E-state index in [4.69, 9.17) is 0 Å². The predicted octanol–water partition coefficient (Wildman–Crippen LogP) is 2.59. The topological polar surface area (TPSA) is 60.0 Å². The standard InChI is InChI=1S/C19H29F2N5O.HI/c1-4-14(2)24-18(27)7-8-23-19(22-3)26-11-9-25(10-12-26)17-13-15(20)5-6-16(17)21;/h5-6,13-14H,4,7-12H2,1-3H3,(H,22,23)(H,24,27);1H. The third-order valence-corrected chi connectivity index (χ3v) is 4.69. The Labute approximate surface area is 182 Å². The van der Waals surface area contributed by atoms with E-state index in [0.29, 0.717) is 50.8 Å². The average Bonchev–Trinajstić information content (AvgIpc) is 2.67. The Morgan fingerprint density at radius 2 is 1.93 bits per heavy atom. The summed E-state index contributed by atoms with van der Waals surface area (Å²) in [5, 5.41) is 6.13. The van der Waals surface area contributed by atoms with E-state index in [1.165, 1.54) is 6.07 Å². The van der Waals surface area contributed by atoms with E-state index >= 15 is 0 Å². The fourth-order valence-electron chi connectivity index (χ4n) is 2.96. The molecule has 9 heteroatoms. The molecular formula is C19H30F2IN5O. The highest BCUT2D eigenvalue weighted by Crippen LogP contribution is 2.21. The van der Waals surface area contributed by atoms with E-state index in [1.807, 2.05) is 18.7 Å². The largest absolute Gasteiger partial charge is 0.366 e. The quantitative estimate of drug-likeness (QED) is 0.352. The van der Waals surface area contributed by atoms with Crippen molar-refractivity contribution >= 4 is 41.5 Å². The first kappa shape index (κ1) is 24.4. The van der Waals surface area contributed by atoms with Gasteiger partial charge in [0.05, 0.1) is 5.69 Å². The second-order valence-corrected chi connectivity index (χ2v) is 6.67. The van der Waals surface area contributed by atoms with Gasteiger partial charge < -0.3 is 20.4 Å². The molecule has 2 rings (SSSR count). The van der Waals surface area contributed by atoms with Gasteiger partial charge in [-0.15, -0.1) is 24.0 Å². The number of hydrogen-bond donors (Lipinski definition) is 2. The minimum atomic E-state index is -0.443. The molecule has 1 aliphatic heterocycles. The number of aliphatic imine (C=N–C) groups is 1. The second kappa shape index (κ2) is 12.0. The average molecular weight is 509 g/mol. The van der Waals surface area contributed by atoms with Crippen LogP contribution in [0.5, 0.6) is 0 Å². The monoisotopic (exact) mass is 509 g/mol. The van der Waals surface area contributed by atoms with Crippen LogP contribution < -0.4 is 15.5 Å². The van der Waals surface area contributed by atoms with E-state index in [1.54, 1.807) is 7.05 Å². The molecule has 158 valence electrons. The summed E-state index contributed by atoms with van der Waals surface area (Å²) in [6.45, 7) is 6.90. The molecule has 1 saturated heterocycles. The summed E-state index contributed by atoms with van der Waals surface area (Å²) >= 11 is 0. The number of amides is 1. The molecule has 1 unspecified atom stereocenters. The summed E-state index contributed by atoms with van der Waals surface area (Å²) in [6.07, 6.45) is 1.27. The van der Waals surface area contributed by atoms with E-state index in [2.05, 4.69) is 20.5 Å². The minimum Gasteiger partial charge on any atom is -0.366 e. The Morgan fingerprint density at radius 1 is 1.25 bits per heavy atom. The van der Waals surface area contributed by atoms with Gasteiger partial charge in [-0.25, -0.2) is 8.78 Å². The summed E-state index contributed by atoms with van der Waals surface area (Å²) in [6, 6.07) is 3.68. The molecule has 0 saturated carbocycles. The Hall–Kier alpha value is -1.65. The highest BCUT2D eigenvalue weighted by molar-refractivity contribution is 14.0. The van der Waals surface area contributed by atoms with Gasteiger partial charge in [-0.3, -0.25) is 9.79 Å². The lowest BCUT2D eigenvalue weighted by molar-refractivity contribution is -0.121. The summed E-state index contributed by atoms with van der Waals surface area (Å²) in [5.41, 5.74) is 0.291. The highest BCUT2D eigenvalue weighted by Gasteiger charge is 2.22. The van der Waals surface area contributed by atoms with E-state index in [-0.39, 0.29) is 35.9 Å². The molecule has 1 fully saturated rings. The molecule has 2 N–H and O–H groups in total. The molecule has 0 spiro atoms. The smallest absolute Gasteiger partial charge is 0.221 e. The van der Waals surface area contributed by atoms with Crippen molar-refractivity contribution < 1.29 is 13.6 Å². The zero-order valence-corrected chi connectivity index (χ0v) is 19.0. The number of guanidine groups is 1. The Bertz CT molecular complexity index is 666. The lowest BCUT2D eigenvalue weighted by Gasteiger charge is -2.37. The maximum absolute atomic E-state index is 13.9. The summed E-state index contributed by atoms with van der Waals surface area (Å²) in [4.78, 5) is 20.0. The lowest BCUT2D eigenvalue weighted by Crippen LogP contribution is -2.53. The van der Waals surface area contributed by atoms with Crippen LogP contribution in [-0.2, 0) is 4.79 Å². The third kappa shape index (κ3) is 7.06. The number of carbonyl (C=O) groups is 1. The second-order valence-electron chi connectivity index (χ2n) is 6.67. The number of hydrogen-bond acceptors (Lipinski definition) is 3. The third-order valence-electron chi connectivity index (χ3n) is 4.69. The molecule has 1 amide bonds. The number of benzene rings is 1. The number of nitrogens with zero attached hydrogens (tertiary/aromatic N) is 3. The van der Waals surface area contributed by atoms with Crippen molar-refractivity contribution in [3.63, 3.8) is 0 Å². The molecule has 28 heavy (non-hydrogen) atoms. The van der Waals surface area contributed by atoms with Gasteiger partial charge in [-0.2, -0.15) is 0 Å². The minimum absolute atomic E-state index is 0. The number of halogens is 3. The summed E-state index contributed by atoms with van der Waals surface area (Å²) < 4.78 is 27.3. The molecule has 0 aliphatic carbocycles. The highest BCUT2D eigenvalue weighted by atomic mass is 127. The first-order valence-corrected chi connectivity index (χ1v) is 9.39. The molecule has 0 aromatic heterocycles. The van der Waals surface area contributed by atoms with Crippen LogP contribution in [0.2, 0.25) is 0 Å². The molecule has 1 aromatic carbocycles. The van der Waals surface area contributed by atoms with Gasteiger partial charge in [-0.05, 0) is 25.5 Å². The van der Waals surface area contributed by atoms with Crippen molar-refractivity contribution in [1.29, 1.82) is 0 Å². The maximum atomic E-state index is 13.9. The van der Waals surface area contributed by atoms with Crippen LogP contribution in [0.1, 0.15) is 26.7 Å². The number of piperazine rings is 1. The zero-order chi connectivity index (χ0) is 19.8. The Morgan fingerprint density at radius 3 is 2.54 bits per heavy atom. The van der Waals surface area contributed by atoms with Crippen molar-refractivity contribution in [3.8, 4) is 0 Å². The van der Waals surface area contributed by atoms with Gasteiger partial charge in [0.15, 0.2) is 5.96 Å². The number of carbonyl (C=O) groups excluding carboxylic acids is 1. The molecule has 1 aliphatic rings. The van der Waals surface area contributed by atoms with Gasteiger partial charge in [0.2, 0.25) is 5.91 Å². The van der Waals surface area contributed by atoms with Gasteiger partial charge in [0.1, 0.15) is 11.6 Å². The molecular weight excluding hydrogens is 479 g/mol. The van der Waals surface area contributed by atoms with E-state index in [0.717, 1.165) is 18.6 Å². The summed E-state index contributed by atoms with van der Waals surface area (Å²) in [5.74, 6) is -0.133. The van der Waals surface area contributed by atoms with Gasteiger partial charge >= 0.3 is 0 Å². The van der Waals surface area contributed by atoms with Crippen LogP contribution in [0, 0.1) is 11.6 Å². The van der Waals surface area contributed by atoms with E-state index in [9.17, 15) is 13.6 Å². The molecule has 0 radical (unpaired) electrons. The van der Waals surface area contributed by atoms with Gasteiger partial charge in [0, 0.05) is 58.3 Å². The SMILES string of the molecule is CCC(C)NC(=O)CCNC(=NC)N1CCN(c2cc(F)ccc2F)CC1.I. The maximum Gasteiger partial charge on any atom is 0.221 e. The van der Waals surface area contributed by atoms with Crippen LogP contribution in [0.25, 0.3) is 0 Å². The first-order chi connectivity index (χ1) is 12.9. The molecule has 1 aromatic rings. The Kier molecular flexibility index (Phi) is 10.5. The van der Waals surface area contributed by atoms with Crippen molar-refractivity contribution in [1.82, 2.24) is 15.5 Å². The fraction of sp³-hybridized carbons (Fsp3) is 0.579. The molecule has 1 heterocycles. The molecule has 0 bridgehead atoms. The van der Waals surface area contributed by atoms with Crippen molar-refractivity contribution in [2.24, 2.45) is 4.99 Å². The normalized spacial score (nSPS) is 15.7. The van der Waals surface area contributed by atoms with Gasteiger partial charge in [0.25, 0.3) is 0 Å². The number of nitrogens with one attached hydrogen (secondary N) is 2. The molecule has 1 atom stereocenters. The van der Waals surface area contributed by atoms with Crippen LogP contribution in [0.3, 0.4) is 0 Å². The van der Waals surface area contributed by atoms with Gasteiger partial charge in [-0.1, -0.05) is 6.92 Å². The van der Waals surface area contributed by atoms with Crippen LogP contribution in [-0.4, -0.2) is 62.6 Å². The van der Waals surface area contributed by atoms with Crippen molar-refractivity contribution in [2.75, 3.05) is 44.7 Å². The molecule has 6 nitrogen and oxygen atoms in total. The van der Waals surface area contributed by atoms with Crippen LogP contribution in [0.15, 0.2) is 23.2 Å². The van der Waals surface area contributed by atoms with E-state index < -0.39 is 11.6 Å². The zero-order valence-electron chi connectivity index (χ0n) is 16.7. The van der Waals surface area contributed by atoms with Crippen molar-refractivity contribution in [2.45, 2.75) is 32.7 Å². The van der Waals surface area contributed by atoms with Crippen LogP contribution >= 0.6 is 24.0 Å². The first-order valence-electron chi connectivity index (χ1n) is 9.39. The number of rotatable bonds is 6. The number of anilines is 1. The fourth-order valence-corrected chi connectivity index (χ4v) is 2.96. The lowest BCUT2D eigenvalue weighted by atomic mass is 10.2. The summed E-state index contributed by atoms with van der Waals surface area (Å²) in [7, 11) is 1.69. The van der Waals surface area contributed by atoms with Crippen LogP contribution in [0.4, 0.5) is 14.5 Å². The Balaban J connectivity index is 0.00000392. The predicted molar refractivity (Wildman–Crippen MR) is 119 cm³/mol.